The van der Waals surface area contributed by atoms with Gasteiger partial charge in [-0.15, -0.1) is 0 Å². The first-order valence-corrected chi connectivity index (χ1v) is 5.62. The zero-order valence-electron chi connectivity index (χ0n) is 9.95. The van der Waals surface area contributed by atoms with E-state index in [0.29, 0.717) is 0 Å². The minimum atomic E-state index is -1.84. The van der Waals surface area contributed by atoms with E-state index in [4.69, 9.17) is 19.9 Å². The van der Waals surface area contributed by atoms with Crippen molar-refractivity contribution in [1.82, 2.24) is 0 Å². The Hall–Kier alpha value is -2.05. The molecule has 6 heteroatoms. The van der Waals surface area contributed by atoms with Crippen molar-refractivity contribution in [1.29, 1.82) is 0 Å². The highest BCUT2D eigenvalue weighted by atomic mass is 19.1. The van der Waals surface area contributed by atoms with Gasteiger partial charge in [-0.1, -0.05) is 18.2 Å². The lowest BCUT2D eigenvalue weighted by Crippen LogP contribution is -2.32. The van der Waals surface area contributed by atoms with Crippen LogP contribution in [0.15, 0.2) is 42.5 Å². The predicted octanol–water partition coefficient (Wildman–Crippen LogP) is 0.790. The molecule has 0 saturated carbocycles. The van der Waals surface area contributed by atoms with E-state index in [9.17, 15) is 4.39 Å². The summed E-state index contributed by atoms with van der Waals surface area (Å²) in [5.74, 6) is -0.288. The van der Waals surface area contributed by atoms with Gasteiger partial charge in [0.25, 0.3) is 0 Å². The number of phenolic OH excluding ortho intramolecular Hbond substituents is 1. The molecule has 0 unspecified atom stereocenters. The average molecular weight is 262 g/mol. The Morgan fingerprint density at radius 2 is 1.74 bits per heavy atom. The minimum absolute atomic E-state index is 0.163. The summed E-state index contributed by atoms with van der Waals surface area (Å²) in [6.45, 7) is 0.223. The summed E-state index contributed by atoms with van der Waals surface area (Å²) in [4.78, 5) is 0. The van der Waals surface area contributed by atoms with Crippen molar-refractivity contribution in [2.75, 3.05) is 0 Å². The Labute approximate surface area is 109 Å². The Morgan fingerprint density at radius 1 is 1.05 bits per heavy atom. The second-order valence-corrected chi connectivity index (χ2v) is 4.01. The van der Waals surface area contributed by atoms with Crippen LogP contribution in [-0.4, -0.2) is 22.3 Å². The molecule has 0 aliphatic heterocycles. The Bertz CT molecular complexity index is 557. The molecule has 2 aromatic carbocycles. The molecule has 4 nitrogen and oxygen atoms in total. The van der Waals surface area contributed by atoms with Gasteiger partial charge in [-0.25, -0.2) is 4.39 Å². The van der Waals surface area contributed by atoms with Gasteiger partial charge in [0, 0.05) is 11.5 Å². The molecule has 0 heterocycles. The fraction of sp³-hybridized carbons (Fsp3) is 0.0769. The average Bonchev–Trinajstić information content (AvgIpc) is 2.37. The number of rotatable bonds is 4. The SMILES string of the molecule is OB(O)c1ccc(OCc2ccc(O)cc2)cc1F. The van der Waals surface area contributed by atoms with Crippen molar-refractivity contribution in [2.24, 2.45) is 0 Å². The van der Waals surface area contributed by atoms with Crippen LogP contribution < -0.4 is 10.2 Å². The molecule has 0 spiro atoms. The highest BCUT2D eigenvalue weighted by Crippen LogP contribution is 2.15. The fourth-order valence-electron chi connectivity index (χ4n) is 1.57. The van der Waals surface area contributed by atoms with Crippen LogP contribution in [0.3, 0.4) is 0 Å². The first-order valence-electron chi connectivity index (χ1n) is 5.62. The van der Waals surface area contributed by atoms with E-state index < -0.39 is 12.9 Å². The van der Waals surface area contributed by atoms with Crippen molar-refractivity contribution in [3.8, 4) is 11.5 Å². The maximum atomic E-state index is 13.4. The molecule has 0 fully saturated rings. The van der Waals surface area contributed by atoms with E-state index in [2.05, 4.69) is 0 Å². The third-order valence-corrected chi connectivity index (χ3v) is 2.59. The number of hydrogen-bond acceptors (Lipinski definition) is 4. The summed E-state index contributed by atoms with van der Waals surface area (Å²) in [5, 5.41) is 26.9. The summed E-state index contributed by atoms with van der Waals surface area (Å²) in [5.41, 5.74) is 0.626. The van der Waals surface area contributed by atoms with Gasteiger partial charge in [0.05, 0.1) is 0 Å². The second kappa shape index (κ2) is 5.73. The van der Waals surface area contributed by atoms with Gasteiger partial charge < -0.3 is 19.9 Å². The maximum Gasteiger partial charge on any atom is 0.491 e. The summed E-state index contributed by atoms with van der Waals surface area (Å²) >= 11 is 0. The van der Waals surface area contributed by atoms with Gasteiger partial charge >= 0.3 is 7.12 Å². The first-order chi connectivity index (χ1) is 9.06. The van der Waals surface area contributed by atoms with E-state index in [1.54, 1.807) is 12.1 Å². The lowest BCUT2D eigenvalue weighted by atomic mass is 9.80. The molecule has 98 valence electrons. The number of aromatic hydroxyl groups is 1. The molecular weight excluding hydrogens is 250 g/mol. The van der Waals surface area contributed by atoms with E-state index >= 15 is 0 Å². The van der Waals surface area contributed by atoms with E-state index in [-0.39, 0.29) is 23.6 Å². The molecule has 0 atom stereocenters. The molecule has 0 bridgehead atoms. The smallest absolute Gasteiger partial charge is 0.491 e. The third kappa shape index (κ3) is 3.46. The van der Waals surface area contributed by atoms with Crippen molar-refractivity contribution in [3.63, 3.8) is 0 Å². The molecule has 0 aliphatic rings. The molecule has 0 aliphatic carbocycles. The van der Waals surface area contributed by atoms with Crippen molar-refractivity contribution in [3.05, 3.63) is 53.8 Å². The summed E-state index contributed by atoms with van der Waals surface area (Å²) < 4.78 is 18.8. The number of phenols is 1. The zero-order valence-corrected chi connectivity index (χ0v) is 9.95. The van der Waals surface area contributed by atoms with Crippen LogP contribution >= 0.6 is 0 Å². The topological polar surface area (TPSA) is 69.9 Å². The second-order valence-electron chi connectivity index (χ2n) is 4.01. The van der Waals surface area contributed by atoms with Gasteiger partial charge in [-0.2, -0.15) is 0 Å². The fourth-order valence-corrected chi connectivity index (χ4v) is 1.57. The van der Waals surface area contributed by atoms with E-state index in [0.717, 1.165) is 11.6 Å². The molecular formula is C13H12BFO4. The molecule has 0 aromatic heterocycles. The van der Waals surface area contributed by atoms with E-state index in [1.165, 1.54) is 24.3 Å². The van der Waals surface area contributed by atoms with Crippen LogP contribution in [0.2, 0.25) is 0 Å². The summed E-state index contributed by atoms with van der Waals surface area (Å²) in [6, 6.07) is 10.3. The van der Waals surface area contributed by atoms with Gasteiger partial charge in [0.2, 0.25) is 0 Å². The monoisotopic (exact) mass is 262 g/mol. The standard InChI is InChI=1S/C13H12BFO4/c15-13-7-11(5-6-12(13)14(17)18)19-8-9-1-3-10(16)4-2-9/h1-7,16-18H,8H2. The zero-order chi connectivity index (χ0) is 13.8. The Morgan fingerprint density at radius 3 is 2.32 bits per heavy atom. The highest BCUT2D eigenvalue weighted by Gasteiger charge is 2.16. The quantitative estimate of drug-likeness (QED) is 0.712. The number of hydrogen-bond donors (Lipinski definition) is 3. The lowest BCUT2D eigenvalue weighted by Gasteiger charge is -2.08. The minimum Gasteiger partial charge on any atom is -0.508 e. The third-order valence-electron chi connectivity index (χ3n) is 2.59. The maximum absolute atomic E-state index is 13.4. The van der Waals surface area contributed by atoms with Gasteiger partial charge in [-0.3, -0.25) is 0 Å². The van der Waals surface area contributed by atoms with Crippen LogP contribution in [-0.2, 0) is 6.61 Å². The largest absolute Gasteiger partial charge is 0.508 e. The molecule has 19 heavy (non-hydrogen) atoms. The van der Waals surface area contributed by atoms with Crippen LogP contribution in [0, 0.1) is 5.82 Å². The Kier molecular flexibility index (Phi) is 4.04. The van der Waals surface area contributed by atoms with Crippen molar-refractivity contribution < 1.29 is 24.3 Å². The molecule has 0 amide bonds. The molecule has 0 saturated heterocycles. The van der Waals surface area contributed by atoms with Gasteiger partial charge in [0.1, 0.15) is 23.9 Å². The van der Waals surface area contributed by atoms with Crippen LogP contribution in [0.25, 0.3) is 0 Å². The molecule has 2 aromatic rings. The normalized spacial score (nSPS) is 10.3. The number of benzene rings is 2. The summed E-state index contributed by atoms with van der Waals surface area (Å²) in [7, 11) is -1.84. The first kappa shape index (κ1) is 13.4. The van der Waals surface area contributed by atoms with E-state index in [1.807, 2.05) is 0 Å². The highest BCUT2D eigenvalue weighted by molar-refractivity contribution is 6.58. The Balaban J connectivity index is 2.04. The van der Waals surface area contributed by atoms with Crippen LogP contribution in [0.5, 0.6) is 11.5 Å². The molecule has 3 N–H and O–H groups in total. The van der Waals surface area contributed by atoms with Crippen LogP contribution in [0.1, 0.15) is 5.56 Å². The lowest BCUT2D eigenvalue weighted by molar-refractivity contribution is 0.304. The van der Waals surface area contributed by atoms with Crippen LogP contribution in [0.4, 0.5) is 4.39 Å². The molecule has 0 radical (unpaired) electrons. The van der Waals surface area contributed by atoms with Gasteiger partial charge in [-0.05, 0) is 23.8 Å². The number of ether oxygens (including phenoxy) is 1. The number of halogens is 1. The van der Waals surface area contributed by atoms with Crippen molar-refractivity contribution in [2.45, 2.75) is 6.61 Å². The van der Waals surface area contributed by atoms with Crippen molar-refractivity contribution >= 4 is 12.6 Å². The van der Waals surface area contributed by atoms with Gasteiger partial charge in [0.15, 0.2) is 0 Å². The predicted molar refractivity (Wildman–Crippen MR) is 68.7 cm³/mol. The molecule has 2 rings (SSSR count). The summed E-state index contributed by atoms with van der Waals surface area (Å²) in [6.07, 6.45) is 0.